The molecule has 0 saturated heterocycles. The van der Waals surface area contributed by atoms with Crippen LogP contribution in [0, 0.1) is 23.7 Å². The van der Waals surface area contributed by atoms with E-state index in [-0.39, 0.29) is 23.7 Å². The normalized spacial score (nSPS) is 41.0. The fourth-order valence-corrected chi connectivity index (χ4v) is 3.53. The smallest absolute Gasteiger partial charge is 0.224 e. The maximum atomic E-state index is 12.0. The van der Waals surface area contributed by atoms with Crippen LogP contribution in [0.25, 0.3) is 0 Å². The van der Waals surface area contributed by atoms with Gasteiger partial charge in [-0.15, -0.1) is 0 Å². The van der Waals surface area contributed by atoms with Gasteiger partial charge >= 0.3 is 0 Å². The van der Waals surface area contributed by atoms with Crippen molar-refractivity contribution in [1.29, 1.82) is 0 Å². The molecule has 0 aromatic carbocycles. The average Bonchev–Trinajstić information content (AvgIpc) is 2.81. The lowest BCUT2D eigenvalue weighted by Crippen LogP contribution is -2.46. The summed E-state index contributed by atoms with van der Waals surface area (Å²) < 4.78 is 0. The molecule has 16 heavy (non-hydrogen) atoms. The van der Waals surface area contributed by atoms with Crippen LogP contribution in [-0.2, 0) is 9.59 Å². The molecule has 0 aliphatic heterocycles. The Balaban J connectivity index is 1.75. The van der Waals surface area contributed by atoms with E-state index < -0.39 is 11.9 Å². The topological polar surface area (TPSA) is 69.2 Å². The molecule has 3 aliphatic rings. The van der Waals surface area contributed by atoms with E-state index in [1.165, 1.54) is 0 Å². The molecule has 3 rings (SSSR count). The lowest BCUT2D eigenvalue weighted by Gasteiger charge is -2.30. The van der Waals surface area contributed by atoms with Gasteiger partial charge in [-0.25, -0.2) is 0 Å². The maximum Gasteiger partial charge on any atom is 0.224 e. The van der Waals surface area contributed by atoms with Gasteiger partial charge in [0.1, 0.15) is 0 Å². The van der Waals surface area contributed by atoms with E-state index in [0.717, 1.165) is 32.1 Å². The van der Waals surface area contributed by atoms with Crippen molar-refractivity contribution in [2.45, 2.75) is 38.1 Å². The van der Waals surface area contributed by atoms with E-state index in [4.69, 9.17) is 0 Å². The summed E-state index contributed by atoms with van der Waals surface area (Å²) in [4.78, 5) is 23.1. The van der Waals surface area contributed by atoms with Crippen molar-refractivity contribution in [2.75, 3.05) is 0 Å². The maximum absolute atomic E-state index is 12.0. The first-order valence-electron chi connectivity index (χ1n) is 6.18. The zero-order chi connectivity index (χ0) is 11.3. The summed E-state index contributed by atoms with van der Waals surface area (Å²) in [5, 5.41) is 14.1. The van der Waals surface area contributed by atoms with E-state index in [9.17, 15) is 14.7 Å². The van der Waals surface area contributed by atoms with Crippen LogP contribution in [0.4, 0.5) is 0 Å². The summed E-state index contributed by atoms with van der Waals surface area (Å²) in [5.74, 6) is -1.44. The number of carbonyl (C=O) groups is 2. The van der Waals surface area contributed by atoms with Crippen LogP contribution >= 0.6 is 0 Å². The van der Waals surface area contributed by atoms with Gasteiger partial charge in [0.2, 0.25) is 5.91 Å². The molecule has 0 aromatic heterocycles. The number of hydrogen-bond donors (Lipinski definition) is 1. The molecule has 0 heterocycles. The van der Waals surface area contributed by atoms with Crippen molar-refractivity contribution in [3.05, 3.63) is 0 Å². The number of amides is 1. The third-order valence-electron chi connectivity index (χ3n) is 4.42. The van der Waals surface area contributed by atoms with Gasteiger partial charge in [0.25, 0.3) is 0 Å². The third kappa shape index (κ3) is 1.51. The number of hydrogen-bond acceptors (Lipinski definition) is 3. The SMILES string of the molecule is O=C([O-])[C@H]1[C@H]2CC[C@@H](C2)[C@@H]1C(=O)NC1CC1. The fourth-order valence-electron chi connectivity index (χ4n) is 3.53. The molecule has 0 unspecified atom stereocenters. The molecular weight excluding hydrogens is 206 g/mol. The van der Waals surface area contributed by atoms with Gasteiger partial charge in [0, 0.05) is 23.8 Å². The van der Waals surface area contributed by atoms with E-state index in [1.54, 1.807) is 0 Å². The second-order valence-electron chi connectivity index (χ2n) is 5.49. The van der Waals surface area contributed by atoms with Gasteiger partial charge in [0.05, 0.1) is 0 Å². The molecular formula is C12H16NO3-. The summed E-state index contributed by atoms with van der Waals surface area (Å²) >= 11 is 0. The molecule has 3 fully saturated rings. The highest BCUT2D eigenvalue weighted by Crippen LogP contribution is 2.52. The standard InChI is InChI=1S/C12H17NO3/c14-11(13-8-3-4-8)9-6-1-2-7(5-6)10(9)12(15)16/h6-10H,1-5H2,(H,13,14)(H,15,16)/p-1/t6-,7-,9-,10-/m0/s1. The van der Waals surface area contributed by atoms with Crippen molar-refractivity contribution in [1.82, 2.24) is 5.32 Å². The lowest BCUT2D eigenvalue weighted by atomic mass is 9.78. The van der Waals surface area contributed by atoms with Crippen LogP contribution in [-0.4, -0.2) is 17.9 Å². The number of nitrogens with one attached hydrogen (secondary N) is 1. The predicted octanol–water partition coefficient (Wildman–Crippen LogP) is -0.323. The first kappa shape index (κ1) is 10.1. The number of fused-ring (bicyclic) bond motifs is 2. The van der Waals surface area contributed by atoms with E-state index in [2.05, 4.69) is 5.32 Å². The molecule has 3 aliphatic carbocycles. The number of aliphatic carboxylic acids is 1. The van der Waals surface area contributed by atoms with Crippen molar-refractivity contribution in [3.63, 3.8) is 0 Å². The fraction of sp³-hybridized carbons (Fsp3) is 0.833. The van der Waals surface area contributed by atoms with Gasteiger partial charge in [-0.1, -0.05) is 0 Å². The van der Waals surface area contributed by atoms with Crippen molar-refractivity contribution >= 4 is 11.9 Å². The molecule has 1 amide bonds. The minimum absolute atomic E-state index is 0.0381. The molecule has 4 nitrogen and oxygen atoms in total. The third-order valence-corrected chi connectivity index (χ3v) is 4.42. The number of carboxylic acid groups (broad SMARTS) is 1. The highest BCUT2D eigenvalue weighted by atomic mass is 16.4. The highest BCUT2D eigenvalue weighted by Gasteiger charge is 2.51. The summed E-state index contributed by atoms with van der Waals surface area (Å²) in [7, 11) is 0. The van der Waals surface area contributed by atoms with Crippen LogP contribution < -0.4 is 10.4 Å². The Hall–Kier alpha value is -1.06. The Bertz CT molecular complexity index is 337. The Morgan fingerprint density at radius 2 is 1.62 bits per heavy atom. The summed E-state index contributed by atoms with van der Waals surface area (Å²) in [5.41, 5.74) is 0. The zero-order valence-corrected chi connectivity index (χ0v) is 9.15. The van der Waals surface area contributed by atoms with Crippen LogP contribution in [0.3, 0.4) is 0 Å². The summed E-state index contributed by atoms with van der Waals surface area (Å²) in [6, 6.07) is 0.314. The number of rotatable bonds is 3. The molecule has 0 radical (unpaired) electrons. The predicted molar refractivity (Wildman–Crippen MR) is 54.0 cm³/mol. The van der Waals surface area contributed by atoms with E-state index >= 15 is 0 Å². The van der Waals surface area contributed by atoms with Gasteiger partial charge in [-0.05, 0) is 43.9 Å². The van der Waals surface area contributed by atoms with Crippen LogP contribution in [0.2, 0.25) is 0 Å². The molecule has 1 N–H and O–H groups in total. The second kappa shape index (κ2) is 3.47. The summed E-state index contributed by atoms with van der Waals surface area (Å²) in [6.45, 7) is 0. The van der Waals surface area contributed by atoms with Crippen molar-refractivity contribution in [2.24, 2.45) is 23.7 Å². The first-order valence-corrected chi connectivity index (χ1v) is 6.18. The van der Waals surface area contributed by atoms with Gasteiger partial charge in [0.15, 0.2) is 0 Å². The molecule has 0 spiro atoms. The minimum atomic E-state index is -1.02. The number of carbonyl (C=O) groups excluding carboxylic acids is 2. The van der Waals surface area contributed by atoms with Crippen molar-refractivity contribution < 1.29 is 14.7 Å². The minimum Gasteiger partial charge on any atom is -0.550 e. The van der Waals surface area contributed by atoms with E-state index in [0.29, 0.717) is 6.04 Å². The Morgan fingerprint density at radius 3 is 2.19 bits per heavy atom. The highest BCUT2D eigenvalue weighted by molar-refractivity contribution is 5.86. The summed E-state index contributed by atoms with van der Waals surface area (Å²) in [6.07, 6.45) is 4.96. The largest absolute Gasteiger partial charge is 0.550 e. The Kier molecular flexibility index (Phi) is 2.19. The molecule has 88 valence electrons. The molecule has 4 heteroatoms. The van der Waals surface area contributed by atoms with Gasteiger partial charge in [-0.3, -0.25) is 4.79 Å². The molecule has 2 bridgehead atoms. The lowest BCUT2D eigenvalue weighted by molar-refractivity contribution is -0.314. The molecule has 3 saturated carbocycles. The van der Waals surface area contributed by atoms with E-state index in [1.807, 2.05) is 0 Å². The Labute approximate surface area is 94.4 Å². The average molecular weight is 222 g/mol. The van der Waals surface area contributed by atoms with Gasteiger partial charge in [-0.2, -0.15) is 0 Å². The quantitative estimate of drug-likeness (QED) is 0.711. The number of carboxylic acids is 1. The second-order valence-corrected chi connectivity index (χ2v) is 5.49. The zero-order valence-electron chi connectivity index (χ0n) is 9.15. The van der Waals surface area contributed by atoms with Crippen LogP contribution in [0.15, 0.2) is 0 Å². The monoisotopic (exact) mass is 222 g/mol. The molecule has 4 atom stereocenters. The van der Waals surface area contributed by atoms with Crippen LogP contribution in [0.5, 0.6) is 0 Å². The van der Waals surface area contributed by atoms with Crippen molar-refractivity contribution in [3.8, 4) is 0 Å². The van der Waals surface area contributed by atoms with Gasteiger partial charge < -0.3 is 15.2 Å². The Morgan fingerprint density at radius 1 is 1.00 bits per heavy atom. The van der Waals surface area contributed by atoms with Crippen LogP contribution in [0.1, 0.15) is 32.1 Å². The first-order chi connectivity index (χ1) is 7.66. The molecule has 0 aromatic rings.